The Labute approximate surface area is 187 Å². The van der Waals surface area contributed by atoms with Gasteiger partial charge in [0, 0.05) is 37.8 Å². The number of hydrogen-bond donors (Lipinski definition) is 3. The number of rotatable bonds is 7. The summed E-state index contributed by atoms with van der Waals surface area (Å²) in [6.07, 6.45) is 0.773. The molecule has 1 aliphatic heterocycles. The van der Waals surface area contributed by atoms with Gasteiger partial charge in [0.1, 0.15) is 5.82 Å². The molecule has 0 spiro atoms. The second-order valence-electron chi connectivity index (χ2n) is 7.43. The molecule has 0 saturated carbocycles. The first kappa shape index (κ1) is 23.3. The molecule has 3 N–H and O–H groups in total. The van der Waals surface area contributed by atoms with Crippen molar-refractivity contribution in [3.63, 3.8) is 0 Å². The van der Waals surface area contributed by atoms with E-state index in [4.69, 9.17) is 11.6 Å². The average molecular weight is 469 g/mol. The number of anilines is 2. The predicted molar refractivity (Wildman–Crippen MR) is 121 cm³/mol. The molecule has 0 unspecified atom stereocenters. The summed E-state index contributed by atoms with van der Waals surface area (Å²) in [5, 5.41) is 5.85. The minimum absolute atomic E-state index is 0.0122. The minimum Gasteiger partial charge on any atom is -0.367 e. The quantitative estimate of drug-likeness (QED) is 0.580. The molecule has 1 fully saturated rings. The van der Waals surface area contributed by atoms with E-state index in [1.165, 1.54) is 6.07 Å². The largest absolute Gasteiger partial charge is 0.367 e. The Hall–Kier alpha value is -2.36. The van der Waals surface area contributed by atoms with E-state index in [-0.39, 0.29) is 27.6 Å². The number of nitrogens with one attached hydrogen (secondary N) is 3. The van der Waals surface area contributed by atoms with Crippen LogP contribution >= 0.6 is 11.6 Å². The van der Waals surface area contributed by atoms with Gasteiger partial charge in [-0.1, -0.05) is 18.5 Å². The summed E-state index contributed by atoms with van der Waals surface area (Å²) in [6, 6.07) is 8.15. The number of carbonyl (C=O) groups excluding carboxylic acids is 1. The van der Waals surface area contributed by atoms with Crippen LogP contribution in [0.15, 0.2) is 41.3 Å². The summed E-state index contributed by atoms with van der Waals surface area (Å²) >= 11 is 5.77. The van der Waals surface area contributed by atoms with E-state index in [1.54, 1.807) is 12.1 Å². The lowest BCUT2D eigenvalue weighted by Crippen LogP contribution is -2.43. The molecule has 10 heteroatoms. The number of nitrogens with zero attached hydrogens (tertiary/aromatic N) is 1. The molecule has 1 saturated heterocycles. The Bertz CT molecular complexity index is 1060. The molecular weight excluding hydrogens is 443 g/mol. The molecule has 1 aliphatic rings. The number of benzene rings is 2. The predicted octanol–water partition coefficient (Wildman–Crippen LogP) is 3.22. The number of hydrogen-bond acceptors (Lipinski definition) is 5. The topological polar surface area (TPSA) is 90.5 Å². The van der Waals surface area contributed by atoms with Crippen LogP contribution in [-0.4, -0.2) is 46.5 Å². The molecule has 1 atom stereocenters. The molecule has 2 aromatic carbocycles. The standard InChI is InChI=1S/C21H26ClFN4O3S/c1-3-14(2)25-21(28)15-4-7-20(27-10-8-24-9-11-27)19(12-15)26-31(29,30)16-5-6-18(23)17(22)13-16/h4-7,12-14,24,26H,3,8-11H2,1-2H3,(H,25,28)/t14-/m1/s1. The Balaban J connectivity index is 1.98. The van der Waals surface area contributed by atoms with Gasteiger partial charge in [-0.3, -0.25) is 9.52 Å². The summed E-state index contributed by atoms with van der Waals surface area (Å²) in [6.45, 7) is 6.76. The highest BCUT2D eigenvalue weighted by Crippen LogP contribution is 2.31. The van der Waals surface area contributed by atoms with Crippen molar-refractivity contribution < 1.29 is 17.6 Å². The number of piperazine rings is 1. The van der Waals surface area contributed by atoms with Gasteiger partial charge < -0.3 is 15.5 Å². The Morgan fingerprint density at radius 1 is 1.23 bits per heavy atom. The van der Waals surface area contributed by atoms with Gasteiger partial charge in [0.15, 0.2) is 0 Å². The van der Waals surface area contributed by atoms with Gasteiger partial charge in [0.05, 0.1) is 21.3 Å². The zero-order chi connectivity index (χ0) is 22.6. The van der Waals surface area contributed by atoms with Crippen LogP contribution in [-0.2, 0) is 10.0 Å². The van der Waals surface area contributed by atoms with Crippen LogP contribution in [0.5, 0.6) is 0 Å². The molecule has 2 aromatic rings. The van der Waals surface area contributed by atoms with Gasteiger partial charge in [-0.15, -0.1) is 0 Å². The number of sulfonamides is 1. The van der Waals surface area contributed by atoms with Crippen molar-refractivity contribution in [2.45, 2.75) is 31.2 Å². The van der Waals surface area contributed by atoms with E-state index in [1.807, 2.05) is 18.7 Å². The van der Waals surface area contributed by atoms with Crippen LogP contribution in [0.3, 0.4) is 0 Å². The highest BCUT2D eigenvalue weighted by Gasteiger charge is 2.22. The summed E-state index contributed by atoms with van der Waals surface area (Å²) < 4.78 is 42.0. The van der Waals surface area contributed by atoms with E-state index in [0.29, 0.717) is 24.3 Å². The minimum atomic E-state index is -4.06. The van der Waals surface area contributed by atoms with Crippen LogP contribution < -0.4 is 20.3 Å². The van der Waals surface area contributed by atoms with E-state index in [2.05, 4.69) is 15.4 Å². The number of carbonyl (C=O) groups is 1. The Kier molecular flexibility index (Phi) is 7.40. The highest BCUT2D eigenvalue weighted by molar-refractivity contribution is 7.92. The molecule has 0 aliphatic carbocycles. The molecule has 168 valence electrons. The maximum Gasteiger partial charge on any atom is 0.262 e. The Morgan fingerprint density at radius 2 is 1.94 bits per heavy atom. The summed E-state index contributed by atoms with van der Waals surface area (Å²) in [5.41, 5.74) is 1.28. The third-order valence-electron chi connectivity index (χ3n) is 5.15. The second-order valence-corrected chi connectivity index (χ2v) is 9.52. The van der Waals surface area contributed by atoms with E-state index < -0.39 is 15.8 Å². The van der Waals surface area contributed by atoms with Crippen molar-refractivity contribution in [1.82, 2.24) is 10.6 Å². The summed E-state index contributed by atoms with van der Waals surface area (Å²) in [7, 11) is -4.06. The monoisotopic (exact) mass is 468 g/mol. The van der Waals surface area contributed by atoms with Crippen molar-refractivity contribution in [2.24, 2.45) is 0 Å². The normalized spacial score (nSPS) is 15.4. The summed E-state index contributed by atoms with van der Waals surface area (Å²) in [5.74, 6) is -0.989. The number of halogens is 2. The molecule has 1 amide bonds. The van der Waals surface area contributed by atoms with Crippen LogP contribution in [0.25, 0.3) is 0 Å². The molecule has 0 radical (unpaired) electrons. The third kappa shape index (κ3) is 5.66. The highest BCUT2D eigenvalue weighted by atomic mass is 35.5. The molecule has 31 heavy (non-hydrogen) atoms. The lowest BCUT2D eigenvalue weighted by atomic mass is 10.1. The smallest absolute Gasteiger partial charge is 0.262 e. The fourth-order valence-corrected chi connectivity index (χ4v) is 4.53. The molecule has 0 aromatic heterocycles. The maximum absolute atomic E-state index is 13.5. The van der Waals surface area contributed by atoms with Crippen molar-refractivity contribution in [3.05, 3.63) is 52.8 Å². The van der Waals surface area contributed by atoms with Crippen molar-refractivity contribution >= 4 is 38.9 Å². The average Bonchev–Trinajstić information content (AvgIpc) is 2.75. The van der Waals surface area contributed by atoms with Crippen LogP contribution in [0.1, 0.15) is 30.6 Å². The SMILES string of the molecule is CC[C@@H](C)NC(=O)c1ccc(N2CCNCC2)c(NS(=O)(=O)c2ccc(F)c(Cl)c2)c1. The molecule has 7 nitrogen and oxygen atoms in total. The first-order valence-corrected chi connectivity index (χ1v) is 12.0. The fraction of sp³-hybridized carbons (Fsp3) is 0.381. The maximum atomic E-state index is 13.5. The van der Waals surface area contributed by atoms with E-state index >= 15 is 0 Å². The Morgan fingerprint density at radius 3 is 2.58 bits per heavy atom. The zero-order valence-electron chi connectivity index (χ0n) is 17.4. The molecule has 1 heterocycles. The van der Waals surface area contributed by atoms with Gasteiger partial charge in [-0.2, -0.15) is 0 Å². The van der Waals surface area contributed by atoms with Crippen molar-refractivity contribution in [1.29, 1.82) is 0 Å². The van der Waals surface area contributed by atoms with Gasteiger partial charge in [0.25, 0.3) is 15.9 Å². The van der Waals surface area contributed by atoms with Crippen LogP contribution in [0, 0.1) is 5.82 Å². The second kappa shape index (κ2) is 9.84. The van der Waals surface area contributed by atoms with E-state index in [0.717, 1.165) is 37.7 Å². The van der Waals surface area contributed by atoms with Gasteiger partial charge in [-0.05, 0) is 49.7 Å². The van der Waals surface area contributed by atoms with Crippen LogP contribution in [0.4, 0.5) is 15.8 Å². The number of amides is 1. The summed E-state index contributed by atoms with van der Waals surface area (Å²) in [4.78, 5) is 14.5. The van der Waals surface area contributed by atoms with Gasteiger partial charge in [0.2, 0.25) is 0 Å². The first-order chi connectivity index (χ1) is 14.7. The van der Waals surface area contributed by atoms with Crippen LogP contribution in [0.2, 0.25) is 5.02 Å². The molecule has 0 bridgehead atoms. The van der Waals surface area contributed by atoms with Crippen molar-refractivity contribution in [2.75, 3.05) is 35.8 Å². The van der Waals surface area contributed by atoms with Gasteiger partial charge >= 0.3 is 0 Å². The first-order valence-electron chi connectivity index (χ1n) is 10.1. The lowest BCUT2D eigenvalue weighted by Gasteiger charge is -2.31. The third-order valence-corrected chi connectivity index (χ3v) is 6.80. The van der Waals surface area contributed by atoms with E-state index in [9.17, 15) is 17.6 Å². The fourth-order valence-electron chi connectivity index (χ4n) is 3.20. The lowest BCUT2D eigenvalue weighted by molar-refractivity contribution is 0.0939. The van der Waals surface area contributed by atoms with Gasteiger partial charge in [-0.25, -0.2) is 12.8 Å². The van der Waals surface area contributed by atoms with Crippen molar-refractivity contribution in [3.8, 4) is 0 Å². The molecule has 3 rings (SSSR count). The zero-order valence-corrected chi connectivity index (χ0v) is 19.0. The molecular formula is C21H26ClFN4O3S.